The lowest BCUT2D eigenvalue weighted by Gasteiger charge is -2.37. The first-order valence-electron chi connectivity index (χ1n) is 5.79. The van der Waals surface area contributed by atoms with Crippen LogP contribution in [0.4, 0.5) is 0 Å². The molecule has 0 aromatic rings. The highest BCUT2D eigenvalue weighted by molar-refractivity contribution is 4.96. The van der Waals surface area contributed by atoms with Gasteiger partial charge in [-0.15, -0.1) is 0 Å². The van der Waals surface area contributed by atoms with Gasteiger partial charge in [-0.05, 0) is 39.7 Å². The molecule has 0 aromatic heterocycles. The van der Waals surface area contributed by atoms with E-state index in [-0.39, 0.29) is 12.6 Å². The molecule has 3 heteroatoms. The van der Waals surface area contributed by atoms with Crippen molar-refractivity contribution >= 4 is 0 Å². The molecule has 2 unspecified atom stereocenters. The molecule has 2 fully saturated rings. The normalized spacial score (nSPS) is 40.1. The Morgan fingerprint density at radius 3 is 2.43 bits per heavy atom. The van der Waals surface area contributed by atoms with Gasteiger partial charge < -0.3 is 15.3 Å². The number of aliphatic hydroxyl groups is 1. The molecule has 2 aliphatic rings. The van der Waals surface area contributed by atoms with Crippen molar-refractivity contribution in [1.82, 2.24) is 10.2 Å². The molecule has 0 amide bonds. The van der Waals surface area contributed by atoms with Crippen LogP contribution in [0.2, 0.25) is 0 Å². The largest absolute Gasteiger partial charge is 0.395 e. The predicted octanol–water partition coefficient (Wildman–Crippen LogP) is 0.582. The van der Waals surface area contributed by atoms with Gasteiger partial charge in [0, 0.05) is 24.2 Å². The van der Waals surface area contributed by atoms with Crippen molar-refractivity contribution in [2.75, 3.05) is 13.7 Å². The number of rotatable bonds is 3. The van der Waals surface area contributed by atoms with Crippen LogP contribution >= 0.6 is 0 Å². The summed E-state index contributed by atoms with van der Waals surface area (Å²) in [5.41, 5.74) is 0. The fourth-order valence-electron chi connectivity index (χ4n) is 3.00. The number of hydrogen-bond donors (Lipinski definition) is 2. The molecule has 14 heavy (non-hydrogen) atoms. The van der Waals surface area contributed by atoms with E-state index in [1.54, 1.807) is 0 Å². The molecule has 0 aliphatic carbocycles. The molecule has 3 nitrogen and oxygen atoms in total. The lowest BCUT2D eigenvalue weighted by molar-refractivity contribution is 0.135. The Balaban J connectivity index is 1.87. The molecule has 0 saturated carbocycles. The van der Waals surface area contributed by atoms with Gasteiger partial charge in [0.15, 0.2) is 0 Å². The zero-order valence-electron chi connectivity index (χ0n) is 9.24. The quantitative estimate of drug-likeness (QED) is 0.696. The van der Waals surface area contributed by atoms with Gasteiger partial charge in [0.1, 0.15) is 0 Å². The molecule has 0 aromatic carbocycles. The van der Waals surface area contributed by atoms with E-state index in [1.807, 2.05) is 0 Å². The van der Waals surface area contributed by atoms with Crippen LogP contribution in [0, 0.1) is 0 Å². The summed E-state index contributed by atoms with van der Waals surface area (Å²) < 4.78 is 0. The van der Waals surface area contributed by atoms with E-state index in [4.69, 9.17) is 5.11 Å². The fraction of sp³-hybridized carbons (Fsp3) is 1.00. The predicted molar refractivity (Wildman–Crippen MR) is 57.3 cm³/mol. The Morgan fingerprint density at radius 2 is 1.93 bits per heavy atom. The molecule has 0 radical (unpaired) electrons. The van der Waals surface area contributed by atoms with Crippen molar-refractivity contribution in [3.8, 4) is 0 Å². The number of hydrogen-bond acceptors (Lipinski definition) is 3. The van der Waals surface area contributed by atoms with Gasteiger partial charge in [0.25, 0.3) is 0 Å². The molecule has 0 spiro atoms. The smallest absolute Gasteiger partial charge is 0.0582 e. The van der Waals surface area contributed by atoms with E-state index in [2.05, 4.69) is 24.2 Å². The summed E-state index contributed by atoms with van der Waals surface area (Å²) in [5, 5.41) is 12.5. The monoisotopic (exact) mass is 198 g/mol. The van der Waals surface area contributed by atoms with E-state index < -0.39 is 0 Å². The van der Waals surface area contributed by atoms with Crippen molar-refractivity contribution in [3.63, 3.8) is 0 Å². The standard InChI is InChI=1S/C11H22N2O/c1-8(7-14)12-9-5-10-3-4-11(6-9)13(10)2/h8-12,14H,3-7H2,1-2H3/t8-,9?,10?,11?/m1/s1. The minimum atomic E-state index is 0.252. The zero-order valence-corrected chi connectivity index (χ0v) is 9.24. The molecule has 82 valence electrons. The van der Waals surface area contributed by atoms with Gasteiger partial charge in [0.2, 0.25) is 0 Å². The third-order valence-corrected chi connectivity index (χ3v) is 3.89. The Hall–Kier alpha value is -0.120. The lowest BCUT2D eigenvalue weighted by atomic mass is 9.97. The highest BCUT2D eigenvalue weighted by atomic mass is 16.3. The van der Waals surface area contributed by atoms with Crippen LogP contribution < -0.4 is 5.32 Å². The molecule has 2 N–H and O–H groups in total. The zero-order chi connectivity index (χ0) is 10.1. The van der Waals surface area contributed by atoms with E-state index in [0.29, 0.717) is 6.04 Å². The number of aliphatic hydroxyl groups excluding tert-OH is 1. The topological polar surface area (TPSA) is 35.5 Å². The number of nitrogens with zero attached hydrogens (tertiary/aromatic N) is 1. The Morgan fingerprint density at radius 1 is 1.36 bits per heavy atom. The third kappa shape index (κ3) is 1.95. The van der Waals surface area contributed by atoms with Gasteiger partial charge in [-0.3, -0.25) is 0 Å². The van der Waals surface area contributed by atoms with Crippen LogP contribution in [-0.2, 0) is 0 Å². The van der Waals surface area contributed by atoms with Crippen LogP contribution in [0.25, 0.3) is 0 Å². The van der Waals surface area contributed by atoms with Gasteiger partial charge >= 0.3 is 0 Å². The van der Waals surface area contributed by atoms with Crippen molar-refractivity contribution in [3.05, 3.63) is 0 Å². The average molecular weight is 198 g/mol. The lowest BCUT2D eigenvalue weighted by Crippen LogP contribution is -2.49. The van der Waals surface area contributed by atoms with Crippen LogP contribution in [0.15, 0.2) is 0 Å². The number of fused-ring (bicyclic) bond motifs is 2. The van der Waals surface area contributed by atoms with Crippen molar-refractivity contribution < 1.29 is 5.11 Å². The SMILES string of the molecule is C[C@H](CO)NC1CC2CCC(C1)N2C. The second-order valence-electron chi connectivity index (χ2n) is 4.97. The molecule has 3 atom stereocenters. The van der Waals surface area contributed by atoms with Crippen molar-refractivity contribution in [2.45, 2.75) is 56.8 Å². The first-order valence-corrected chi connectivity index (χ1v) is 5.79. The summed E-state index contributed by atoms with van der Waals surface area (Å²) in [7, 11) is 2.26. The molecule has 2 aliphatic heterocycles. The summed E-state index contributed by atoms with van der Waals surface area (Å²) in [5.74, 6) is 0. The second-order valence-corrected chi connectivity index (χ2v) is 4.97. The first kappa shape index (κ1) is 10.4. The molecule has 2 saturated heterocycles. The summed E-state index contributed by atoms with van der Waals surface area (Å²) in [6.07, 6.45) is 5.26. The van der Waals surface area contributed by atoms with Crippen LogP contribution in [0.1, 0.15) is 32.6 Å². The second kappa shape index (κ2) is 4.17. The Bertz CT molecular complexity index is 184. The molecule has 2 heterocycles. The highest BCUT2D eigenvalue weighted by Crippen LogP contribution is 2.34. The molecule has 2 bridgehead atoms. The maximum absolute atomic E-state index is 8.99. The van der Waals surface area contributed by atoms with Crippen LogP contribution in [0.5, 0.6) is 0 Å². The molecular weight excluding hydrogens is 176 g/mol. The molecule has 2 rings (SSSR count). The molecular formula is C11H22N2O. The minimum absolute atomic E-state index is 0.252. The first-order chi connectivity index (χ1) is 6.70. The minimum Gasteiger partial charge on any atom is -0.395 e. The Kier molecular flexibility index (Phi) is 3.10. The van der Waals surface area contributed by atoms with Gasteiger partial charge in [0.05, 0.1) is 6.61 Å². The summed E-state index contributed by atoms with van der Waals surface area (Å²) in [4.78, 5) is 2.54. The van der Waals surface area contributed by atoms with E-state index in [0.717, 1.165) is 12.1 Å². The van der Waals surface area contributed by atoms with Crippen LogP contribution in [-0.4, -0.2) is 47.8 Å². The average Bonchev–Trinajstić information content (AvgIpc) is 2.42. The maximum atomic E-state index is 8.99. The van der Waals surface area contributed by atoms with Gasteiger partial charge in [-0.2, -0.15) is 0 Å². The van der Waals surface area contributed by atoms with E-state index in [1.165, 1.54) is 25.7 Å². The van der Waals surface area contributed by atoms with Gasteiger partial charge in [-0.25, -0.2) is 0 Å². The summed E-state index contributed by atoms with van der Waals surface area (Å²) in [6.45, 7) is 2.31. The van der Waals surface area contributed by atoms with Crippen LogP contribution in [0.3, 0.4) is 0 Å². The van der Waals surface area contributed by atoms with E-state index in [9.17, 15) is 0 Å². The Labute approximate surface area is 86.5 Å². The van der Waals surface area contributed by atoms with Gasteiger partial charge in [-0.1, -0.05) is 0 Å². The number of nitrogens with one attached hydrogen (secondary N) is 1. The fourth-order valence-corrected chi connectivity index (χ4v) is 3.00. The van der Waals surface area contributed by atoms with E-state index >= 15 is 0 Å². The maximum Gasteiger partial charge on any atom is 0.0582 e. The van der Waals surface area contributed by atoms with Crippen molar-refractivity contribution in [2.24, 2.45) is 0 Å². The summed E-state index contributed by atoms with van der Waals surface area (Å²) >= 11 is 0. The summed E-state index contributed by atoms with van der Waals surface area (Å²) in [6, 6.07) is 2.46. The van der Waals surface area contributed by atoms with Crippen molar-refractivity contribution in [1.29, 1.82) is 0 Å². The third-order valence-electron chi connectivity index (χ3n) is 3.89. The highest BCUT2D eigenvalue weighted by Gasteiger charge is 2.38. The number of piperidine rings is 1.